The van der Waals surface area contributed by atoms with Gasteiger partial charge in [-0.25, -0.2) is 4.98 Å². The molecule has 0 radical (unpaired) electrons. The van der Waals surface area contributed by atoms with Gasteiger partial charge in [-0.1, -0.05) is 17.7 Å². The van der Waals surface area contributed by atoms with Crippen molar-refractivity contribution in [3.63, 3.8) is 0 Å². The van der Waals surface area contributed by atoms with Crippen molar-refractivity contribution in [1.82, 2.24) is 4.98 Å². The van der Waals surface area contributed by atoms with E-state index in [0.717, 1.165) is 21.3 Å². The lowest BCUT2D eigenvalue weighted by atomic mass is 10.2. The minimum absolute atomic E-state index is 0.0681. The van der Waals surface area contributed by atoms with Gasteiger partial charge >= 0.3 is 5.97 Å². The molecule has 0 bridgehead atoms. The third-order valence-electron chi connectivity index (χ3n) is 2.60. The van der Waals surface area contributed by atoms with Crippen LogP contribution in [0.25, 0.3) is 0 Å². The lowest BCUT2D eigenvalue weighted by molar-refractivity contribution is -0.136. The van der Waals surface area contributed by atoms with Crippen molar-refractivity contribution in [3.05, 3.63) is 45.4 Å². The highest BCUT2D eigenvalue weighted by molar-refractivity contribution is 7.98. The van der Waals surface area contributed by atoms with E-state index >= 15 is 0 Å². The Morgan fingerprint density at radius 3 is 2.89 bits per heavy atom. The molecule has 1 N–H and O–H groups in total. The molecule has 100 valence electrons. The Hall–Kier alpha value is -1.33. The van der Waals surface area contributed by atoms with E-state index in [9.17, 15) is 4.79 Å². The predicted octanol–water partition coefficient (Wildman–Crippen LogP) is 3.68. The standard InChI is InChI=1S/C14H15NO2S2/c1-9-4-3-5-11(6-9)18-8-13-15-10(2)12(19-13)7-14(16)17/h3-6H,7-8H2,1-2H3,(H,16,17). The summed E-state index contributed by atoms with van der Waals surface area (Å²) in [7, 11) is 0. The molecule has 19 heavy (non-hydrogen) atoms. The normalized spacial score (nSPS) is 10.6. The monoisotopic (exact) mass is 293 g/mol. The fourth-order valence-corrected chi connectivity index (χ4v) is 3.77. The van der Waals surface area contributed by atoms with E-state index in [1.165, 1.54) is 21.8 Å². The number of rotatable bonds is 5. The van der Waals surface area contributed by atoms with E-state index in [4.69, 9.17) is 5.11 Å². The summed E-state index contributed by atoms with van der Waals surface area (Å²) in [6.07, 6.45) is 0.0681. The molecule has 1 aromatic carbocycles. The average Bonchev–Trinajstić information content (AvgIpc) is 2.67. The number of thiazole rings is 1. The molecule has 0 aliphatic carbocycles. The quantitative estimate of drug-likeness (QED) is 0.854. The van der Waals surface area contributed by atoms with Crippen LogP contribution in [0.3, 0.4) is 0 Å². The van der Waals surface area contributed by atoms with Crippen molar-refractivity contribution in [2.24, 2.45) is 0 Å². The molecule has 2 aromatic rings. The van der Waals surface area contributed by atoms with E-state index in [2.05, 4.69) is 30.1 Å². The first-order chi connectivity index (χ1) is 9.04. The Kier molecular flexibility index (Phi) is 4.61. The highest BCUT2D eigenvalue weighted by Crippen LogP contribution is 2.27. The zero-order valence-corrected chi connectivity index (χ0v) is 12.5. The summed E-state index contributed by atoms with van der Waals surface area (Å²) in [5.74, 6) is -0.0150. The van der Waals surface area contributed by atoms with Gasteiger partial charge in [-0.3, -0.25) is 4.79 Å². The molecule has 3 nitrogen and oxygen atoms in total. The van der Waals surface area contributed by atoms with Crippen LogP contribution in [0.2, 0.25) is 0 Å². The maximum absolute atomic E-state index is 10.7. The van der Waals surface area contributed by atoms with Gasteiger partial charge in [0.2, 0.25) is 0 Å². The Morgan fingerprint density at radius 1 is 1.42 bits per heavy atom. The van der Waals surface area contributed by atoms with Crippen molar-refractivity contribution in [2.45, 2.75) is 30.9 Å². The second kappa shape index (κ2) is 6.21. The Balaban J connectivity index is 2.02. The zero-order chi connectivity index (χ0) is 13.8. The molecule has 0 unspecified atom stereocenters. The number of benzene rings is 1. The number of aryl methyl sites for hydroxylation is 2. The average molecular weight is 293 g/mol. The summed E-state index contributed by atoms with van der Waals surface area (Å²) in [5, 5.41) is 9.80. The lowest BCUT2D eigenvalue weighted by Gasteiger charge is -2.00. The zero-order valence-electron chi connectivity index (χ0n) is 10.8. The summed E-state index contributed by atoms with van der Waals surface area (Å²) >= 11 is 3.23. The summed E-state index contributed by atoms with van der Waals surface area (Å²) in [6, 6.07) is 8.34. The number of aliphatic carboxylic acids is 1. The van der Waals surface area contributed by atoms with Gasteiger partial charge < -0.3 is 5.11 Å². The molecule has 0 aliphatic heterocycles. The SMILES string of the molecule is Cc1cccc(SCc2nc(C)c(CC(=O)O)s2)c1. The van der Waals surface area contributed by atoms with Crippen LogP contribution in [-0.2, 0) is 17.0 Å². The number of carboxylic acid groups (broad SMARTS) is 1. The largest absolute Gasteiger partial charge is 0.481 e. The number of thioether (sulfide) groups is 1. The van der Waals surface area contributed by atoms with E-state index in [1.54, 1.807) is 11.8 Å². The summed E-state index contributed by atoms with van der Waals surface area (Å²) in [5.41, 5.74) is 2.08. The number of hydrogen-bond donors (Lipinski definition) is 1. The van der Waals surface area contributed by atoms with Crippen molar-refractivity contribution in [1.29, 1.82) is 0 Å². The molecule has 0 aliphatic rings. The minimum atomic E-state index is -0.801. The number of nitrogens with zero attached hydrogens (tertiary/aromatic N) is 1. The van der Waals surface area contributed by atoms with E-state index < -0.39 is 5.97 Å². The molecule has 0 saturated carbocycles. The molecule has 5 heteroatoms. The smallest absolute Gasteiger partial charge is 0.308 e. The lowest BCUT2D eigenvalue weighted by Crippen LogP contribution is -1.99. The highest BCUT2D eigenvalue weighted by atomic mass is 32.2. The van der Waals surface area contributed by atoms with Crippen molar-refractivity contribution in [2.75, 3.05) is 0 Å². The third kappa shape index (κ3) is 4.08. The third-order valence-corrected chi connectivity index (χ3v) is 4.95. The van der Waals surface area contributed by atoms with Gasteiger partial charge in [0.05, 0.1) is 17.9 Å². The van der Waals surface area contributed by atoms with Crippen molar-refractivity contribution in [3.8, 4) is 0 Å². The molecule has 0 saturated heterocycles. The second-order valence-electron chi connectivity index (χ2n) is 4.29. The van der Waals surface area contributed by atoms with Gasteiger partial charge in [0.15, 0.2) is 0 Å². The molecule has 0 spiro atoms. The minimum Gasteiger partial charge on any atom is -0.481 e. The molecule has 0 atom stereocenters. The fourth-order valence-electron chi connectivity index (χ4n) is 1.70. The second-order valence-corrected chi connectivity index (χ2v) is 6.51. The predicted molar refractivity (Wildman–Crippen MR) is 78.9 cm³/mol. The van der Waals surface area contributed by atoms with Gasteiger partial charge in [0, 0.05) is 9.77 Å². The molecule has 2 rings (SSSR count). The van der Waals surface area contributed by atoms with Crippen molar-refractivity contribution < 1.29 is 9.90 Å². The Bertz CT molecular complexity index is 593. The van der Waals surface area contributed by atoms with E-state index in [-0.39, 0.29) is 6.42 Å². The highest BCUT2D eigenvalue weighted by Gasteiger charge is 2.11. The van der Waals surface area contributed by atoms with Gasteiger partial charge in [-0.15, -0.1) is 23.1 Å². The Labute approximate surface area is 120 Å². The van der Waals surface area contributed by atoms with E-state index in [0.29, 0.717) is 0 Å². The molecule has 1 heterocycles. The van der Waals surface area contributed by atoms with Crippen LogP contribution in [0, 0.1) is 13.8 Å². The van der Waals surface area contributed by atoms with Gasteiger partial charge in [0.1, 0.15) is 5.01 Å². The topological polar surface area (TPSA) is 50.2 Å². The maximum atomic E-state index is 10.7. The number of hydrogen-bond acceptors (Lipinski definition) is 4. The number of carboxylic acids is 1. The van der Waals surface area contributed by atoms with Crippen LogP contribution in [-0.4, -0.2) is 16.1 Å². The van der Waals surface area contributed by atoms with Crippen LogP contribution in [0.4, 0.5) is 0 Å². The van der Waals surface area contributed by atoms with Crippen LogP contribution in [0.1, 0.15) is 21.1 Å². The van der Waals surface area contributed by atoms with Crippen LogP contribution < -0.4 is 0 Å². The number of aromatic nitrogens is 1. The van der Waals surface area contributed by atoms with Crippen LogP contribution in [0.15, 0.2) is 29.2 Å². The maximum Gasteiger partial charge on any atom is 0.308 e. The fraction of sp³-hybridized carbons (Fsp3) is 0.286. The first-order valence-electron chi connectivity index (χ1n) is 5.91. The Morgan fingerprint density at radius 2 is 2.21 bits per heavy atom. The molecular weight excluding hydrogens is 278 g/mol. The molecular formula is C14H15NO2S2. The first-order valence-corrected chi connectivity index (χ1v) is 7.71. The van der Waals surface area contributed by atoms with Gasteiger partial charge in [-0.05, 0) is 26.0 Å². The van der Waals surface area contributed by atoms with Crippen LogP contribution in [0.5, 0.6) is 0 Å². The number of carbonyl (C=O) groups is 1. The summed E-state index contributed by atoms with van der Waals surface area (Å²) in [6.45, 7) is 3.94. The van der Waals surface area contributed by atoms with E-state index in [1.807, 2.05) is 13.0 Å². The van der Waals surface area contributed by atoms with Gasteiger partial charge in [-0.2, -0.15) is 0 Å². The van der Waals surface area contributed by atoms with Gasteiger partial charge in [0.25, 0.3) is 0 Å². The molecule has 1 aromatic heterocycles. The van der Waals surface area contributed by atoms with Crippen molar-refractivity contribution >= 4 is 29.1 Å². The summed E-state index contributed by atoms with van der Waals surface area (Å²) < 4.78 is 0. The summed E-state index contributed by atoms with van der Waals surface area (Å²) in [4.78, 5) is 17.2. The molecule has 0 fully saturated rings. The first kappa shape index (κ1) is 14.1. The van der Waals surface area contributed by atoms with Crippen LogP contribution >= 0.6 is 23.1 Å². The molecule has 0 amide bonds.